The molecule has 2 heterocycles. The van der Waals surface area contributed by atoms with Crippen LogP contribution < -0.4 is 10.9 Å². The van der Waals surface area contributed by atoms with Crippen LogP contribution in [0.3, 0.4) is 0 Å². The summed E-state index contributed by atoms with van der Waals surface area (Å²) in [6.45, 7) is 8.73. The fourth-order valence-corrected chi connectivity index (χ4v) is 5.10. The molecule has 2 atom stereocenters. The highest BCUT2D eigenvalue weighted by Gasteiger charge is 2.21. The van der Waals surface area contributed by atoms with Gasteiger partial charge in [-0.1, -0.05) is 32.0 Å². The number of benzene rings is 1. The van der Waals surface area contributed by atoms with E-state index in [1.807, 2.05) is 24.3 Å². The van der Waals surface area contributed by atoms with Crippen molar-refractivity contribution < 1.29 is 4.79 Å². The van der Waals surface area contributed by atoms with E-state index in [1.54, 1.807) is 17.7 Å². The van der Waals surface area contributed by atoms with Gasteiger partial charge in [-0.3, -0.25) is 9.59 Å². The van der Waals surface area contributed by atoms with Gasteiger partial charge in [-0.05, 0) is 37.3 Å². The number of pyridine rings is 1. The van der Waals surface area contributed by atoms with Crippen molar-refractivity contribution >= 4 is 28.6 Å². The number of piperidine rings is 1. The number of carbonyl (C=O) groups is 1. The number of hydrogen-bond acceptors (Lipinski definition) is 4. The number of hydrogen-bond donors (Lipinski definition) is 1. The van der Waals surface area contributed by atoms with Crippen molar-refractivity contribution in [3.63, 3.8) is 0 Å². The summed E-state index contributed by atoms with van der Waals surface area (Å²) in [7, 11) is 1.77. The topological polar surface area (TPSA) is 54.3 Å². The van der Waals surface area contributed by atoms with Gasteiger partial charge in [0.1, 0.15) is 0 Å². The number of para-hydroxylation sites is 1. The molecule has 5 nitrogen and oxygen atoms in total. The van der Waals surface area contributed by atoms with Crippen LogP contribution in [-0.4, -0.2) is 47.3 Å². The molecule has 1 saturated heterocycles. The minimum atomic E-state index is -0.0494. The summed E-state index contributed by atoms with van der Waals surface area (Å²) in [4.78, 5) is 27.8. The maximum absolute atomic E-state index is 12.2. The molecule has 1 amide bonds. The van der Waals surface area contributed by atoms with E-state index in [1.165, 1.54) is 31.3 Å². The smallest absolute Gasteiger partial charge is 0.251 e. The van der Waals surface area contributed by atoms with Crippen LogP contribution in [0.4, 0.5) is 0 Å². The van der Waals surface area contributed by atoms with Gasteiger partial charge < -0.3 is 14.8 Å². The Labute approximate surface area is 171 Å². The number of aromatic nitrogens is 1. The lowest BCUT2D eigenvalue weighted by Crippen LogP contribution is -2.40. The first-order valence-electron chi connectivity index (χ1n) is 10.1. The van der Waals surface area contributed by atoms with Gasteiger partial charge in [-0.15, -0.1) is 11.8 Å². The fraction of sp³-hybridized carbons (Fsp3) is 0.545. The highest BCUT2D eigenvalue weighted by atomic mass is 32.2. The van der Waals surface area contributed by atoms with E-state index >= 15 is 0 Å². The predicted octanol–water partition coefficient (Wildman–Crippen LogP) is 3.11. The summed E-state index contributed by atoms with van der Waals surface area (Å²) in [6.07, 6.45) is 2.30. The van der Waals surface area contributed by atoms with Crippen molar-refractivity contribution in [2.45, 2.75) is 31.6 Å². The van der Waals surface area contributed by atoms with Crippen LogP contribution in [0.5, 0.6) is 0 Å². The molecule has 2 unspecified atom stereocenters. The number of fused-ring (bicyclic) bond motifs is 1. The zero-order chi connectivity index (χ0) is 20.1. The van der Waals surface area contributed by atoms with Gasteiger partial charge in [0.25, 0.3) is 5.56 Å². The molecule has 28 heavy (non-hydrogen) atoms. The largest absolute Gasteiger partial charge is 0.355 e. The molecule has 3 rings (SSSR count). The first kappa shape index (κ1) is 20.9. The standard InChI is InChI=1S/C22H31N3O2S/c1-16-11-17(2)14-25(13-16)10-6-9-23-21(26)15-28-20-12-22(27)24(3)19-8-5-4-7-18(19)20/h4-5,7-8,12,16-17H,6,9-11,13-15H2,1-3H3,(H,23,26). The number of likely N-dealkylation sites (tertiary alicyclic amines) is 1. The van der Waals surface area contributed by atoms with Gasteiger partial charge in [-0.25, -0.2) is 0 Å². The molecule has 2 aromatic rings. The van der Waals surface area contributed by atoms with Crippen molar-refractivity contribution in [3.8, 4) is 0 Å². The molecule has 1 aromatic carbocycles. The lowest BCUT2D eigenvalue weighted by molar-refractivity contribution is -0.118. The quantitative estimate of drug-likeness (QED) is 0.572. The number of nitrogens with zero attached hydrogens (tertiary/aromatic N) is 2. The number of nitrogens with one attached hydrogen (secondary N) is 1. The molecule has 0 bridgehead atoms. The van der Waals surface area contributed by atoms with E-state index in [4.69, 9.17) is 0 Å². The second-order valence-electron chi connectivity index (χ2n) is 8.12. The van der Waals surface area contributed by atoms with E-state index in [2.05, 4.69) is 24.1 Å². The normalized spacial score (nSPS) is 20.4. The van der Waals surface area contributed by atoms with Gasteiger partial charge >= 0.3 is 0 Å². The summed E-state index contributed by atoms with van der Waals surface area (Å²) in [5.41, 5.74) is 0.842. The highest BCUT2D eigenvalue weighted by Crippen LogP contribution is 2.26. The van der Waals surface area contributed by atoms with Crippen molar-refractivity contribution in [3.05, 3.63) is 40.7 Å². The summed E-state index contributed by atoms with van der Waals surface area (Å²) in [6, 6.07) is 9.43. The third-order valence-electron chi connectivity index (χ3n) is 5.39. The SMILES string of the molecule is CC1CC(C)CN(CCCNC(=O)CSc2cc(=O)n(C)c3ccccc23)C1. The monoisotopic (exact) mass is 401 g/mol. The van der Waals surface area contributed by atoms with Crippen LogP contribution in [-0.2, 0) is 11.8 Å². The maximum atomic E-state index is 12.2. The second-order valence-corrected chi connectivity index (χ2v) is 9.14. The summed E-state index contributed by atoms with van der Waals surface area (Å²) in [5.74, 6) is 1.89. The van der Waals surface area contributed by atoms with E-state index < -0.39 is 0 Å². The molecular formula is C22H31N3O2S. The predicted molar refractivity (Wildman–Crippen MR) is 117 cm³/mol. The lowest BCUT2D eigenvalue weighted by Gasteiger charge is -2.34. The van der Waals surface area contributed by atoms with Crippen molar-refractivity contribution in [1.29, 1.82) is 0 Å². The Morgan fingerprint density at radius 1 is 1.21 bits per heavy atom. The Morgan fingerprint density at radius 3 is 2.68 bits per heavy atom. The van der Waals surface area contributed by atoms with E-state index in [-0.39, 0.29) is 11.5 Å². The van der Waals surface area contributed by atoms with Gasteiger partial charge in [0.05, 0.1) is 11.3 Å². The number of carbonyl (C=O) groups excluding carboxylic acids is 1. The molecule has 1 aliphatic heterocycles. The van der Waals surface area contributed by atoms with E-state index in [0.717, 1.165) is 40.6 Å². The van der Waals surface area contributed by atoms with Gasteiger partial charge in [0, 0.05) is 43.0 Å². The summed E-state index contributed by atoms with van der Waals surface area (Å²) < 4.78 is 1.64. The zero-order valence-electron chi connectivity index (χ0n) is 17.1. The molecule has 1 aliphatic rings. The highest BCUT2D eigenvalue weighted by molar-refractivity contribution is 8.00. The van der Waals surface area contributed by atoms with E-state index in [0.29, 0.717) is 12.3 Å². The Bertz CT molecular complexity index is 870. The molecule has 6 heteroatoms. The van der Waals surface area contributed by atoms with Crippen LogP contribution in [0.25, 0.3) is 10.9 Å². The van der Waals surface area contributed by atoms with Crippen LogP contribution in [0.1, 0.15) is 26.7 Å². The zero-order valence-corrected chi connectivity index (χ0v) is 17.9. The summed E-state index contributed by atoms with van der Waals surface area (Å²) >= 11 is 1.43. The Balaban J connectivity index is 1.46. The molecule has 1 fully saturated rings. The fourth-order valence-electron chi connectivity index (χ4n) is 4.20. The number of aryl methyl sites for hydroxylation is 1. The Kier molecular flexibility index (Phi) is 7.18. The molecule has 1 N–H and O–H groups in total. The maximum Gasteiger partial charge on any atom is 0.251 e. The molecule has 0 spiro atoms. The first-order valence-corrected chi connectivity index (χ1v) is 11.1. The first-order chi connectivity index (χ1) is 13.4. The minimum absolute atomic E-state index is 0.0233. The van der Waals surface area contributed by atoms with Crippen molar-refractivity contribution in [1.82, 2.24) is 14.8 Å². The number of thioether (sulfide) groups is 1. The molecule has 152 valence electrons. The molecule has 0 saturated carbocycles. The Morgan fingerprint density at radius 2 is 1.93 bits per heavy atom. The van der Waals surface area contributed by atoms with E-state index in [9.17, 15) is 9.59 Å². The van der Waals surface area contributed by atoms with Crippen LogP contribution in [0, 0.1) is 11.8 Å². The van der Waals surface area contributed by atoms with Gasteiger partial charge in [0.2, 0.25) is 5.91 Å². The van der Waals surface area contributed by atoms with Crippen molar-refractivity contribution in [2.75, 3.05) is 31.9 Å². The van der Waals surface area contributed by atoms with Crippen LogP contribution in [0.2, 0.25) is 0 Å². The number of rotatable bonds is 7. The third-order valence-corrected chi connectivity index (χ3v) is 6.45. The minimum Gasteiger partial charge on any atom is -0.355 e. The lowest BCUT2D eigenvalue weighted by atomic mass is 9.92. The van der Waals surface area contributed by atoms with Crippen molar-refractivity contribution in [2.24, 2.45) is 18.9 Å². The average molecular weight is 402 g/mol. The number of amides is 1. The van der Waals surface area contributed by atoms with Gasteiger partial charge in [-0.2, -0.15) is 0 Å². The average Bonchev–Trinajstić information content (AvgIpc) is 2.66. The molecule has 1 aromatic heterocycles. The molecular weight excluding hydrogens is 370 g/mol. The Hall–Kier alpha value is -1.79. The third kappa shape index (κ3) is 5.39. The second kappa shape index (κ2) is 9.61. The summed E-state index contributed by atoms with van der Waals surface area (Å²) in [5, 5.41) is 4.03. The molecule has 0 radical (unpaired) electrons. The van der Waals surface area contributed by atoms with Crippen LogP contribution >= 0.6 is 11.8 Å². The molecule has 0 aliphatic carbocycles. The van der Waals surface area contributed by atoms with Crippen LogP contribution in [0.15, 0.2) is 40.0 Å². The van der Waals surface area contributed by atoms with Gasteiger partial charge in [0.15, 0.2) is 0 Å².